The lowest BCUT2D eigenvalue weighted by atomic mass is 10.2. The number of nitrogens with one attached hydrogen (secondary N) is 1. The Morgan fingerprint density at radius 2 is 2.16 bits per heavy atom. The van der Waals surface area contributed by atoms with Crippen LogP contribution in [0.4, 0.5) is 8.78 Å². The minimum Gasteiger partial charge on any atom is -0.451 e. The summed E-state index contributed by atoms with van der Waals surface area (Å²) >= 11 is 0. The molecule has 1 aromatic heterocycles. The summed E-state index contributed by atoms with van der Waals surface area (Å²) in [5.41, 5.74) is 6.45. The minimum atomic E-state index is -3.11. The van der Waals surface area contributed by atoms with Gasteiger partial charge < -0.3 is 15.5 Å². The summed E-state index contributed by atoms with van der Waals surface area (Å²) in [5, 5.41) is 2.86. The molecule has 1 amide bonds. The first-order valence-electron chi connectivity index (χ1n) is 5.77. The fourth-order valence-electron chi connectivity index (χ4n) is 1.64. The van der Waals surface area contributed by atoms with Crippen LogP contribution in [0.2, 0.25) is 0 Å². The second-order valence-electron chi connectivity index (χ2n) is 4.39. The number of fused-ring (bicyclic) bond motifs is 1. The van der Waals surface area contributed by atoms with Crippen LogP contribution in [0.1, 0.15) is 16.1 Å². The summed E-state index contributed by atoms with van der Waals surface area (Å²) in [7, 11) is 0. The molecule has 2 rings (SSSR count). The van der Waals surface area contributed by atoms with E-state index in [1.165, 1.54) is 6.07 Å². The van der Waals surface area contributed by atoms with Gasteiger partial charge in [-0.3, -0.25) is 4.79 Å². The number of hydrogen-bond acceptors (Lipinski definition) is 3. The number of rotatable bonds is 4. The summed E-state index contributed by atoms with van der Waals surface area (Å²) in [6.07, 6.45) is 0. The molecule has 0 saturated heterocycles. The minimum absolute atomic E-state index is 0.00780. The molecule has 102 valence electrons. The average molecular weight is 268 g/mol. The van der Waals surface area contributed by atoms with Gasteiger partial charge in [-0.15, -0.1) is 0 Å². The van der Waals surface area contributed by atoms with Crippen molar-refractivity contribution in [1.29, 1.82) is 0 Å². The van der Waals surface area contributed by atoms with Gasteiger partial charge in [-0.05, 0) is 25.1 Å². The maximum Gasteiger partial charge on any atom is 0.287 e. The van der Waals surface area contributed by atoms with Gasteiger partial charge in [-0.2, -0.15) is 0 Å². The molecular weight excluding hydrogens is 254 g/mol. The number of amides is 1. The number of benzene rings is 1. The number of carbonyl (C=O) groups is 1. The Bertz CT molecular complexity index is 608. The van der Waals surface area contributed by atoms with E-state index in [9.17, 15) is 13.6 Å². The Labute approximate surface area is 108 Å². The van der Waals surface area contributed by atoms with Gasteiger partial charge in [0, 0.05) is 5.39 Å². The molecule has 0 fully saturated rings. The Morgan fingerprint density at radius 1 is 1.42 bits per heavy atom. The highest BCUT2D eigenvalue weighted by Crippen LogP contribution is 2.20. The van der Waals surface area contributed by atoms with Gasteiger partial charge in [0.15, 0.2) is 5.76 Å². The van der Waals surface area contributed by atoms with E-state index in [2.05, 4.69) is 5.32 Å². The van der Waals surface area contributed by atoms with E-state index in [-0.39, 0.29) is 5.76 Å². The predicted molar refractivity (Wildman–Crippen MR) is 67.3 cm³/mol. The van der Waals surface area contributed by atoms with Gasteiger partial charge in [0.1, 0.15) is 5.58 Å². The largest absolute Gasteiger partial charge is 0.451 e. The van der Waals surface area contributed by atoms with Crippen molar-refractivity contribution in [3.05, 3.63) is 35.6 Å². The van der Waals surface area contributed by atoms with Crippen LogP contribution in [0.15, 0.2) is 28.7 Å². The van der Waals surface area contributed by atoms with Gasteiger partial charge in [0.05, 0.1) is 13.1 Å². The molecule has 0 bridgehead atoms. The van der Waals surface area contributed by atoms with Crippen LogP contribution in [0, 0.1) is 6.92 Å². The van der Waals surface area contributed by atoms with E-state index < -0.39 is 24.9 Å². The van der Waals surface area contributed by atoms with Crippen LogP contribution < -0.4 is 11.1 Å². The van der Waals surface area contributed by atoms with Crippen molar-refractivity contribution in [3.8, 4) is 0 Å². The lowest BCUT2D eigenvalue weighted by molar-refractivity contribution is 0.0116. The summed E-state index contributed by atoms with van der Waals surface area (Å²) in [5.74, 6) is -3.78. The van der Waals surface area contributed by atoms with E-state index in [1.807, 2.05) is 19.1 Å². The molecule has 0 saturated carbocycles. The summed E-state index contributed by atoms with van der Waals surface area (Å²) < 4.78 is 31.1. The van der Waals surface area contributed by atoms with E-state index in [4.69, 9.17) is 10.2 Å². The zero-order valence-corrected chi connectivity index (χ0v) is 10.4. The molecule has 19 heavy (non-hydrogen) atoms. The fraction of sp³-hybridized carbons (Fsp3) is 0.308. The summed E-state index contributed by atoms with van der Waals surface area (Å²) in [4.78, 5) is 11.7. The number of aryl methyl sites for hydroxylation is 1. The van der Waals surface area contributed by atoms with Crippen molar-refractivity contribution in [1.82, 2.24) is 5.32 Å². The van der Waals surface area contributed by atoms with Crippen molar-refractivity contribution in [2.75, 3.05) is 13.1 Å². The Hall–Kier alpha value is -1.95. The lowest BCUT2D eigenvalue weighted by Crippen LogP contribution is -2.41. The van der Waals surface area contributed by atoms with Gasteiger partial charge in [-0.1, -0.05) is 11.6 Å². The lowest BCUT2D eigenvalue weighted by Gasteiger charge is -2.13. The highest BCUT2D eigenvalue weighted by molar-refractivity contribution is 5.96. The maximum atomic E-state index is 12.9. The third-order valence-electron chi connectivity index (χ3n) is 2.70. The van der Waals surface area contributed by atoms with Crippen LogP contribution in [-0.4, -0.2) is 24.9 Å². The maximum absolute atomic E-state index is 12.9. The van der Waals surface area contributed by atoms with Gasteiger partial charge in [-0.25, -0.2) is 8.78 Å². The molecule has 0 atom stereocenters. The summed E-state index contributed by atoms with van der Waals surface area (Å²) in [6.45, 7) is 0.291. The molecule has 2 aromatic rings. The molecule has 1 aromatic carbocycles. The van der Waals surface area contributed by atoms with Crippen LogP contribution >= 0.6 is 0 Å². The standard InChI is InChI=1S/C13H14F2N2O2/c1-8-2-3-10-9(4-8)5-11(19-10)12(18)17-7-13(14,15)6-16/h2-5H,6-7,16H2,1H3,(H,17,18). The van der Waals surface area contributed by atoms with Gasteiger partial charge in [0.2, 0.25) is 0 Å². The Kier molecular flexibility index (Phi) is 3.53. The number of hydrogen-bond donors (Lipinski definition) is 2. The molecular formula is C13H14F2N2O2. The van der Waals surface area contributed by atoms with Crippen molar-refractivity contribution < 1.29 is 18.0 Å². The molecule has 4 nitrogen and oxygen atoms in total. The van der Waals surface area contributed by atoms with E-state index in [0.717, 1.165) is 10.9 Å². The van der Waals surface area contributed by atoms with Crippen LogP contribution in [0.5, 0.6) is 0 Å². The van der Waals surface area contributed by atoms with Crippen LogP contribution in [0.25, 0.3) is 11.0 Å². The van der Waals surface area contributed by atoms with E-state index >= 15 is 0 Å². The second-order valence-corrected chi connectivity index (χ2v) is 4.39. The SMILES string of the molecule is Cc1ccc2oc(C(=O)NCC(F)(F)CN)cc2c1. The third kappa shape index (κ3) is 3.08. The number of halogens is 2. The molecule has 0 radical (unpaired) electrons. The van der Waals surface area contributed by atoms with Crippen LogP contribution in [0.3, 0.4) is 0 Å². The molecule has 0 aliphatic heterocycles. The zero-order valence-electron chi connectivity index (χ0n) is 10.4. The monoisotopic (exact) mass is 268 g/mol. The average Bonchev–Trinajstić information content (AvgIpc) is 2.79. The molecule has 0 spiro atoms. The fourth-order valence-corrected chi connectivity index (χ4v) is 1.64. The molecule has 6 heteroatoms. The first kappa shape index (κ1) is 13.5. The van der Waals surface area contributed by atoms with E-state index in [0.29, 0.717) is 5.58 Å². The first-order chi connectivity index (χ1) is 8.91. The normalized spacial score (nSPS) is 11.8. The molecule has 0 unspecified atom stereocenters. The summed E-state index contributed by atoms with van der Waals surface area (Å²) in [6, 6.07) is 6.95. The topological polar surface area (TPSA) is 68.3 Å². The smallest absolute Gasteiger partial charge is 0.287 e. The Balaban J connectivity index is 2.13. The number of alkyl halides is 2. The zero-order chi connectivity index (χ0) is 14.0. The molecule has 1 heterocycles. The quantitative estimate of drug-likeness (QED) is 0.891. The third-order valence-corrected chi connectivity index (χ3v) is 2.70. The van der Waals surface area contributed by atoms with Gasteiger partial charge in [0.25, 0.3) is 11.8 Å². The molecule has 0 aliphatic carbocycles. The Morgan fingerprint density at radius 3 is 2.84 bits per heavy atom. The van der Waals surface area contributed by atoms with Crippen LogP contribution in [-0.2, 0) is 0 Å². The van der Waals surface area contributed by atoms with E-state index in [1.54, 1.807) is 6.07 Å². The molecule has 0 aliphatic rings. The predicted octanol–water partition coefficient (Wildman–Crippen LogP) is 2.07. The second kappa shape index (κ2) is 4.97. The number of nitrogens with two attached hydrogens (primary N) is 1. The van der Waals surface area contributed by atoms with Crippen molar-refractivity contribution >= 4 is 16.9 Å². The van der Waals surface area contributed by atoms with Crippen molar-refractivity contribution in [3.63, 3.8) is 0 Å². The number of carbonyl (C=O) groups excluding carboxylic acids is 1. The van der Waals surface area contributed by atoms with Gasteiger partial charge >= 0.3 is 0 Å². The highest BCUT2D eigenvalue weighted by atomic mass is 19.3. The van der Waals surface area contributed by atoms with Crippen molar-refractivity contribution in [2.45, 2.75) is 12.8 Å². The van der Waals surface area contributed by atoms with Crippen molar-refractivity contribution in [2.24, 2.45) is 5.73 Å². The molecule has 3 N–H and O–H groups in total. The first-order valence-corrected chi connectivity index (χ1v) is 5.77. The highest BCUT2D eigenvalue weighted by Gasteiger charge is 2.27. The number of furan rings is 1.